The molecule has 1 aliphatic rings. The van der Waals surface area contributed by atoms with Gasteiger partial charge in [-0.1, -0.05) is 18.5 Å². The van der Waals surface area contributed by atoms with Crippen LogP contribution in [0.3, 0.4) is 0 Å². The minimum Gasteiger partial charge on any atom is -0.377 e. The van der Waals surface area contributed by atoms with Gasteiger partial charge in [0.05, 0.1) is 10.7 Å². The zero-order valence-corrected chi connectivity index (χ0v) is 11.0. The van der Waals surface area contributed by atoms with Crippen molar-refractivity contribution in [3.8, 4) is 0 Å². The number of halogens is 1. The van der Waals surface area contributed by atoms with E-state index in [0.717, 1.165) is 24.4 Å². The Hall–Kier alpha value is -0.800. The van der Waals surface area contributed by atoms with Crippen molar-refractivity contribution in [2.75, 3.05) is 11.9 Å². The molecule has 1 aromatic heterocycles. The van der Waals surface area contributed by atoms with Crippen molar-refractivity contribution in [2.24, 2.45) is 11.7 Å². The normalized spacial score (nSPS) is 29.0. The van der Waals surface area contributed by atoms with Crippen molar-refractivity contribution >= 4 is 17.3 Å². The smallest absolute Gasteiger partial charge is 0.0820 e. The van der Waals surface area contributed by atoms with E-state index >= 15 is 0 Å². The van der Waals surface area contributed by atoms with Crippen LogP contribution in [-0.2, 0) is 0 Å². The molecular weight excluding hydrogens is 234 g/mol. The largest absolute Gasteiger partial charge is 0.377 e. The van der Waals surface area contributed by atoms with Crippen molar-refractivity contribution in [2.45, 2.75) is 38.1 Å². The molecule has 0 aromatic carbocycles. The third-order valence-electron chi connectivity index (χ3n) is 3.79. The zero-order valence-electron chi connectivity index (χ0n) is 10.2. The van der Waals surface area contributed by atoms with Crippen LogP contribution in [0.15, 0.2) is 18.5 Å². The highest BCUT2D eigenvalue weighted by molar-refractivity contribution is 6.33. The van der Waals surface area contributed by atoms with Crippen LogP contribution in [0.4, 0.5) is 5.69 Å². The Morgan fingerprint density at radius 3 is 2.82 bits per heavy atom. The first-order valence-electron chi connectivity index (χ1n) is 6.23. The van der Waals surface area contributed by atoms with Crippen molar-refractivity contribution in [1.29, 1.82) is 0 Å². The molecule has 94 valence electrons. The van der Waals surface area contributed by atoms with Gasteiger partial charge in [0.1, 0.15) is 0 Å². The van der Waals surface area contributed by atoms with Crippen molar-refractivity contribution in [1.82, 2.24) is 4.98 Å². The summed E-state index contributed by atoms with van der Waals surface area (Å²) in [6.45, 7) is 2.96. The Morgan fingerprint density at radius 2 is 2.24 bits per heavy atom. The highest BCUT2D eigenvalue weighted by Gasteiger charge is 2.33. The minimum atomic E-state index is 0.0114. The molecule has 3 N–H and O–H groups in total. The molecule has 0 aliphatic heterocycles. The molecule has 0 bridgehead atoms. The van der Waals surface area contributed by atoms with Crippen LogP contribution >= 0.6 is 11.6 Å². The van der Waals surface area contributed by atoms with E-state index in [1.165, 1.54) is 12.8 Å². The summed E-state index contributed by atoms with van der Waals surface area (Å²) in [4.78, 5) is 4.00. The molecule has 0 radical (unpaired) electrons. The summed E-state index contributed by atoms with van der Waals surface area (Å²) in [6, 6.07) is 1.91. The Balaban J connectivity index is 2.12. The van der Waals surface area contributed by atoms with Gasteiger partial charge >= 0.3 is 0 Å². The summed E-state index contributed by atoms with van der Waals surface area (Å²) in [5.41, 5.74) is 6.92. The van der Waals surface area contributed by atoms with Crippen molar-refractivity contribution < 1.29 is 0 Å². The third-order valence-corrected chi connectivity index (χ3v) is 4.10. The van der Waals surface area contributed by atoms with Crippen LogP contribution in [-0.4, -0.2) is 17.1 Å². The first-order valence-corrected chi connectivity index (χ1v) is 6.61. The van der Waals surface area contributed by atoms with Gasteiger partial charge in [0.2, 0.25) is 0 Å². The number of nitrogens with zero attached hydrogens (tertiary/aromatic N) is 1. The molecule has 0 spiro atoms. The monoisotopic (exact) mass is 253 g/mol. The Morgan fingerprint density at radius 1 is 1.53 bits per heavy atom. The second-order valence-electron chi connectivity index (χ2n) is 5.15. The Bertz CT molecular complexity index is 373. The number of hydrogen-bond donors (Lipinski definition) is 2. The Labute approximate surface area is 108 Å². The topological polar surface area (TPSA) is 50.9 Å². The standard InChI is InChI=1S/C13H20ClN3/c1-10-2-5-13(9-15,6-3-10)17-12-4-7-16-8-11(12)14/h4,7-8,10H,2-3,5-6,9,15H2,1H3,(H,16,17). The minimum absolute atomic E-state index is 0.0114. The maximum absolute atomic E-state index is 6.13. The number of rotatable bonds is 3. The zero-order chi connectivity index (χ0) is 12.3. The van der Waals surface area contributed by atoms with Gasteiger partial charge in [0.25, 0.3) is 0 Å². The Kier molecular flexibility index (Phi) is 3.89. The molecule has 0 amide bonds. The predicted octanol–water partition coefficient (Wildman–Crippen LogP) is 3.05. The lowest BCUT2D eigenvalue weighted by Gasteiger charge is -2.40. The second kappa shape index (κ2) is 5.23. The molecule has 1 aromatic rings. The second-order valence-corrected chi connectivity index (χ2v) is 5.55. The maximum atomic E-state index is 6.13. The van der Waals surface area contributed by atoms with E-state index in [4.69, 9.17) is 17.3 Å². The lowest BCUT2D eigenvalue weighted by Crippen LogP contribution is -2.48. The number of hydrogen-bond acceptors (Lipinski definition) is 3. The molecule has 0 saturated heterocycles. The van der Waals surface area contributed by atoms with Crippen LogP contribution in [0.2, 0.25) is 5.02 Å². The number of nitrogens with two attached hydrogens (primary N) is 1. The van der Waals surface area contributed by atoms with Crippen LogP contribution in [0.5, 0.6) is 0 Å². The predicted molar refractivity (Wildman–Crippen MR) is 72.3 cm³/mol. The lowest BCUT2D eigenvalue weighted by atomic mass is 9.77. The quantitative estimate of drug-likeness (QED) is 0.871. The SMILES string of the molecule is CC1CCC(CN)(Nc2ccncc2Cl)CC1. The fourth-order valence-electron chi connectivity index (χ4n) is 2.46. The maximum Gasteiger partial charge on any atom is 0.0820 e. The number of aromatic nitrogens is 1. The van der Waals surface area contributed by atoms with E-state index in [1.54, 1.807) is 12.4 Å². The molecule has 17 heavy (non-hydrogen) atoms. The number of nitrogens with one attached hydrogen (secondary N) is 1. The summed E-state index contributed by atoms with van der Waals surface area (Å²) >= 11 is 6.13. The molecule has 0 unspecified atom stereocenters. The summed E-state index contributed by atoms with van der Waals surface area (Å²) in [7, 11) is 0. The van der Waals surface area contributed by atoms with Crippen LogP contribution in [0, 0.1) is 5.92 Å². The van der Waals surface area contributed by atoms with Crippen molar-refractivity contribution in [3.63, 3.8) is 0 Å². The van der Waals surface area contributed by atoms with Gasteiger partial charge in [-0.3, -0.25) is 4.98 Å². The van der Waals surface area contributed by atoms with Gasteiger partial charge < -0.3 is 11.1 Å². The van der Waals surface area contributed by atoms with Gasteiger partial charge in [-0.2, -0.15) is 0 Å². The molecular formula is C13H20ClN3. The molecule has 2 rings (SSSR count). The number of anilines is 1. The summed E-state index contributed by atoms with van der Waals surface area (Å²) in [6.07, 6.45) is 8.11. The first-order chi connectivity index (χ1) is 8.15. The fraction of sp³-hybridized carbons (Fsp3) is 0.615. The highest BCUT2D eigenvalue weighted by atomic mass is 35.5. The number of pyridine rings is 1. The highest BCUT2D eigenvalue weighted by Crippen LogP contribution is 2.35. The average Bonchev–Trinajstić information content (AvgIpc) is 2.35. The molecule has 1 saturated carbocycles. The van der Waals surface area contributed by atoms with Crippen LogP contribution < -0.4 is 11.1 Å². The van der Waals surface area contributed by atoms with Crippen LogP contribution in [0.25, 0.3) is 0 Å². The van der Waals surface area contributed by atoms with E-state index in [1.807, 2.05) is 6.07 Å². The molecule has 1 heterocycles. The van der Waals surface area contributed by atoms with Gasteiger partial charge in [0, 0.05) is 24.5 Å². The van der Waals surface area contributed by atoms with Gasteiger partial charge in [-0.25, -0.2) is 0 Å². The lowest BCUT2D eigenvalue weighted by molar-refractivity contribution is 0.272. The average molecular weight is 254 g/mol. The summed E-state index contributed by atoms with van der Waals surface area (Å²) < 4.78 is 0. The van der Waals surface area contributed by atoms with Crippen molar-refractivity contribution in [3.05, 3.63) is 23.5 Å². The van der Waals surface area contributed by atoms with E-state index in [9.17, 15) is 0 Å². The summed E-state index contributed by atoms with van der Waals surface area (Å²) in [5, 5.41) is 4.20. The van der Waals surface area contributed by atoms with E-state index in [-0.39, 0.29) is 5.54 Å². The van der Waals surface area contributed by atoms with Gasteiger partial charge in [-0.15, -0.1) is 0 Å². The first kappa shape index (κ1) is 12.7. The van der Waals surface area contributed by atoms with E-state index < -0.39 is 0 Å². The van der Waals surface area contributed by atoms with Gasteiger partial charge in [-0.05, 0) is 37.7 Å². The molecule has 1 fully saturated rings. The molecule has 0 atom stereocenters. The molecule has 4 heteroatoms. The van der Waals surface area contributed by atoms with E-state index in [2.05, 4.69) is 17.2 Å². The fourth-order valence-corrected chi connectivity index (χ4v) is 2.62. The summed E-state index contributed by atoms with van der Waals surface area (Å²) in [5.74, 6) is 0.810. The molecule has 1 aliphatic carbocycles. The third kappa shape index (κ3) is 2.90. The van der Waals surface area contributed by atoms with E-state index in [0.29, 0.717) is 11.6 Å². The molecule has 3 nitrogen and oxygen atoms in total. The van der Waals surface area contributed by atoms with Crippen LogP contribution in [0.1, 0.15) is 32.6 Å². The van der Waals surface area contributed by atoms with Gasteiger partial charge in [0.15, 0.2) is 0 Å².